The monoisotopic (exact) mass is 478 g/mol. The maximum absolute atomic E-state index is 13.9. The number of anilines is 1. The highest BCUT2D eigenvalue weighted by Crippen LogP contribution is 2.22. The van der Waals surface area contributed by atoms with Crippen molar-refractivity contribution in [2.75, 3.05) is 5.32 Å². The highest BCUT2D eigenvalue weighted by atomic mass is 32.2. The lowest BCUT2D eigenvalue weighted by Crippen LogP contribution is -2.39. The number of benzene rings is 3. The van der Waals surface area contributed by atoms with Gasteiger partial charge in [0.25, 0.3) is 0 Å². The molecule has 2 amide bonds. The Labute approximate surface area is 189 Å². The first-order valence-electron chi connectivity index (χ1n) is 9.87. The number of nitrogens with one attached hydrogen (secondary N) is 1. The molecule has 6 nitrogen and oxygen atoms in total. The molecule has 0 radical (unpaired) electrons. The van der Waals surface area contributed by atoms with E-state index in [0.717, 1.165) is 36.4 Å². The zero-order valence-electron chi connectivity index (χ0n) is 17.8. The topological polar surface area (TPSA) is 75.7 Å². The molecular formula is C23H21F3N2O4S. The Morgan fingerprint density at radius 2 is 1.64 bits per heavy atom. The second-order valence-electron chi connectivity index (χ2n) is 7.41. The van der Waals surface area contributed by atoms with Crippen LogP contribution in [0, 0.1) is 17.5 Å². The third kappa shape index (κ3) is 6.26. The van der Waals surface area contributed by atoms with E-state index in [-0.39, 0.29) is 28.9 Å². The van der Waals surface area contributed by atoms with E-state index in [1.54, 1.807) is 26.0 Å². The number of urea groups is 1. The molecule has 0 fully saturated rings. The molecule has 0 aliphatic rings. The summed E-state index contributed by atoms with van der Waals surface area (Å²) in [5.41, 5.74) is 0.375. The predicted molar refractivity (Wildman–Crippen MR) is 117 cm³/mol. The highest BCUT2D eigenvalue weighted by molar-refractivity contribution is 7.87. The first-order chi connectivity index (χ1) is 15.5. The summed E-state index contributed by atoms with van der Waals surface area (Å²) in [7, 11) is -4.19. The second kappa shape index (κ2) is 9.95. The van der Waals surface area contributed by atoms with Gasteiger partial charge in [-0.3, -0.25) is 0 Å². The maximum Gasteiger partial charge on any atom is 0.339 e. The highest BCUT2D eigenvalue weighted by Gasteiger charge is 2.21. The lowest BCUT2D eigenvalue weighted by molar-refractivity contribution is 0.193. The van der Waals surface area contributed by atoms with Gasteiger partial charge in [-0.2, -0.15) is 8.42 Å². The summed E-state index contributed by atoms with van der Waals surface area (Å²) in [5.74, 6) is -2.25. The molecule has 0 heterocycles. The molecule has 3 aromatic carbocycles. The number of halogens is 3. The van der Waals surface area contributed by atoms with Gasteiger partial charge in [-0.05, 0) is 67.9 Å². The van der Waals surface area contributed by atoms with Crippen LogP contribution < -0.4 is 9.50 Å². The molecule has 0 unspecified atom stereocenters. The second-order valence-corrected chi connectivity index (χ2v) is 8.96. The summed E-state index contributed by atoms with van der Waals surface area (Å²) < 4.78 is 70.1. The smallest absolute Gasteiger partial charge is 0.339 e. The first-order valence-corrected chi connectivity index (χ1v) is 11.3. The third-order valence-electron chi connectivity index (χ3n) is 4.62. The Hall–Kier alpha value is -3.53. The van der Waals surface area contributed by atoms with Crippen LogP contribution in [-0.4, -0.2) is 25.4 Å². The molecule has 0 aliphatic heterocycles. The molecule has 3 aromatic rings. The number of hydrogen-bond donors (Lipinski definition) is 1. The number of nitrogens with zero attached hydrogens (tertiary/aromatic N) is 1. The molecule has 1 N–H and O–H groups in total. The lowest BCUT2D eigenvalue weighted by atomic mass is 10.2. The Bertz CT molecular complexity index is 1250. The minimum absolute atomic E-state index is 0.00511. The molecular weight excluding hydrogens is 457 g/mol. The minimum atomic E-state index is -4.19. The van der Waals surface area contributed by atoms with E-state index in [1.165, 1.54) is 17.0 Å². The van der Waals surface area contributed by atoms with Gasteiger partial charge < -0.3 is 14.4 Å². The fourth-order valence-electron chi connectivity index (χ4n) is 2.94. The van der Waals surface area contributed by atoms with Crippen molar-refractivity contribution in [1.82, 2.24) is 4.90 Å². The Kier molecular flexibility index (Phi) is 7.27. The number of hydrogen-bond acceptors (Lipinski definition) is 4. The van der Waals surface area contributed by atoms with Crippen LogP contribution in [0.25, 0.3) is 0 Å². The average molecular weight is 478 g/mol. The molecule has 0 aromatic heterocycles. The van der Waals surface area contributed by atoms with Gasteiger partial charge in [0, 0.05) is 18.7 Å². The van der Waals surface area contributed by atoms with Crippen molar-refractivity contribution >= 4 is 21.8 Å². The molecule has 0 atom stereocenters. The Balaban J connectivity index is 1.76. The van der Waals surface area contributed by atoms with E-state index in [1.807, 2.05) is 0 Å². The van der Waals surface area contributed by atoms with Crippen LogP contribution in [0.15, 0.2) is 71.6 Å². The van der Waals surface area contributed by atoms with Crippen molar-refractivity contribution in [2.24, 2.45) is 0 Å². The van der Waals surface area contributed by atoms with Crippen LogP contribution >= 0.6 is 0 Å². The van der Waals surface area contributed by atoms with E-state index in [2.05, 4.69) is 5.32 Å². The van der Waals surface area contributed by atoms with E-state index in [0.29, 0.717) is 11.6 Å². The van der Waals surface area contributed by atoms with Gasteiger partial charge in [0.15, 0.2) is 0 Å². The number of amides is 2. The van der Waals surface area contributed by atoms with Crippen LogP contribution in [0.3, 0.4) is 0 Å². The maximum atomic E-state index is 13.9. The SMILES string of the molecule is CC(C)N(Cc1cccc(OS(=O)(=O)c2ccc(F)cc2)c1)C(=O)Nc1ccc(F)cc1F. The van der Waals surface area contributed by atoms with Gasteiger partial charge in [-0.1, -0.05) is 12.1 Å². The Morgan fingerprint density at radius 3 is 2.27 bits per heavy atom. The van der Waals surface area contributed by atoms with Crippen molar-refractivity contribution < 1.29 is 30.6 Å². The van der Waals surface area contributed by atoms with Crippen molar-refractivity contribution in [3.05, 3.63) is 89.7 Å². The van der Waals surface area contributed by atoms with Gasteiger partial charge in [0.05, 0.1) is 5.69 Å². The van der Waals surface area contributed by atoms with Gasteiger partial charge in [-0.25, -0.2) is 18.0 Å². The van der Waals surface area contributed by atoms with Crippen molar-refractivity contribution in [2.45, 2.75) is 31.3 Å². The number of carbonyl (C=O) groups excluding carboxylic acids is 1. The quantitative estimate of drug-likeness (QED) is 0.467. The molecule has 0 bridgehead atoms. The fraction of sp³-hybridized carbons (Fsp3) is 0.174. The third-order valence-corrected chi connectivity index (χ3v) is 5.88. The van der Waals surface area contributed by atoms with Gasteiger partial charge in [-0.15, -0.1) is 0 Å². The van der Waals surface area contributed by atoms with Crippen LogP contribution in [0.4, 0.5) is 23.7 Å². The fourth-order valence-corrected chi connectivity index (χ4v) is 3.86. The molecule has 0 spiro atoms. The normalized spacial score (nSPS) is 11.3. The van der Waals surface area contributed by atoms with E-state index >= 15 is 0 Å². The van der Waals surface area contributed by atoms with Gasteiger partial charge in [0.2, 0.25) is 0 Å². The van der Waals surface area contributed by atoms with E-state index in [9.17, 15) is 26.4 Å². The molecule has 0 saturated heterocycles. The molecule has 3 rings (SSSR count). The molecule has 33 heavy (non-hydrogen) atoms. The molecule has 10 heteroatoms. The molecule has 174 valence electrons. The summed E-state index contributed by atoms with van der Waals surface area (Å²) in [6.45, 7) is 3.56. The summed E-state index contributed by atoms with van der Waals surface area (Å²) in [4.78, 5) is 13.9. The predicted octanol–water partition coefficient (Wildman–Crippen LogP) is 5.31. The van der Waals surface area contributed by atoms with Crippen LogP contribution in [0.5, 0.6) is 5.75 Å². The van der Waals surface area contributed by atoms with E-state index < -0.39 is 33.6 Å². The first kappa shape index (κ1) is 24.1. The Morgan fingerprint density at radius 1 is 0.970 bits per heavy atom. The van der Waals surface area contributed by atoms with Crippen LogP contribution in [0.1, 0.15) is 19.4 Å². The largest absolute Gasteiger partial charge is 0.379 e. The summed E-state index contributed by atoms with van der Waals surface area (Å²) in [5, 5.41) is 2.41. The van der Waals surface area contributed by atoms with Gasteiger partial charge in [0.1, 0.15) is 28.1 Å². The van der Waals surface area contributed by atoms with Crippen LogP contribution in [-0.2, 0) is 16.7 Å². The lowest BCUT2D eigenvalue weighted by Gasteiger charge is -2.27. The van der Waals surface area contributed by atoms with Crippen molar-refractivity contribution in [1.29, 1.82) is 0 Å². The van der Waals surface area contributed by atoms with Crippen molar-refractivity contribution in [3.8, 4) is 5.75 Å². The average Bonchev–Trinajstić information content (AvgIpc) is 2.74. The van der Waals surface area contributed by atoms with Crippen LogP contribution in [0.2, 0.25) is 0 Å². The summed E-state index contributed by atoms with van der Waals surface area (Å²) >= 11 is 0. The summed E-state index contributed by atoms with van der Waals surface area (Å²) in [6.07, 6.45) is 0. The standard InChI is InChI=1S/C23H21F3N2O4S/c1-15(2)28(23(29)27-22-11-8-18(25)13-21(22)26)14-16-4-3-5-19(12-16)32-33(30,31)20-9-6-17(24)7-10-20/h3-13,15H,14H2,1-2H3,(H,27,29). The van der Waals surface area contributed by atoms with Crippen molar-refractivity contribution in [3.63, 3.8) is 0 Å². The zero-order valence-corrected chi connectivity index (χ0v) is 18.6. The van der Waals surface area contributed by atoms with E-state index in [4.69, 9.17) is 4.18 Å². The number of rotatable bonds is 7. The van der Waals surface area contributed by atoms with Gasteiger partial charge >= 0.3 is 16.1 Å². The minimum Gasteiger partial charge on any atom is -0.379 e. The molecule has 0 aliphatic carbocycles. The molecule has 0 saturated carbocycles. The summed E-state index contributed by atoms with van der Waals surface area (Å²) in [6, 6.07) is 12.2. The number of carbonyl (C=O) groups is 1. The zero-order chi connectivity index (χ0) is 24.2.